The van der Waals surface area contributed by atoms with Gasteiger partial charge < -0.3 is 5.32 Å². The summed E-state index contributed by atoms with van der Waals surface area (Å²) >= 11 is 0. The van der Waals surface area contributed by atoms with Gasteiger partial charge in [-0.1, -0.05) is 12.1 Å². The van der Waals surface area contributed by atoms with Gasteiger partial charge >= 0.3 is 6.18 Å². The monoisotopic (exact) mass is 407 g/mol. The van der Waals surface area contributed by atoms with E-state index in [0.29, 0.717) is 23.9 Å². The molecule has 6 heteroatoms. The van der Waals surface area contributed by atoms with Crippen LogP contribution < -0.4 is 5.32 Å². The lowest BCUT2D eigenvalue weighted by atomic mass is 9.81. The second-order valence-electron chi connectivity index (χ2n) is 7.66. The fourth-order valence-electron chi connectivity index (χ4n) is 3.91. The van der Waals surface area contributed by atoms with Gasteiger partial charge in [0.2, 0.25) is 0 Å². The lowest BCUT2D eigenvalue weighted by Crippen LogP contribution is -2.33. The van der Waals surface area contributed by atoms with Crippen LogP contribution in [0.15, 0.2) is 48.5 Å². The third kappa shape index (κ3) is 6.13. The Bertz CT molecular complexity index is 791. The molecule has 0 aromatic heterocycles. The molecule has 3 rings (SSSR count). The van der Waals surface area contributed by atoms with Crippen LogP contribution >= 0.6 is 0 Å². The average molecular weight is 407 g/mol. The highest BCUT2D eigenvalue weighted by Gasteiger charge is 2.30. The molecular formula is C23H25F4NO. The van der Waals surface area contributed by atoms with Crippen LogP contribution in [0.25, 0.3) is 0 Å². The summed E-state index contributed by atoms with van der Waals surface area (Å²) in [5.41, 5.74) is 0.900. The Hall–Kier alpha value is -2.21. The third-order valence-electron chi connectivity index (χ3n) is 5.62. The third-order valence-corrected chi connectivity index (χ3v) is 5.62. The molecular weight excluding hydrogens is 382 g/mol. The normalized spacial score (nSPS) is 19.9. The number of nitrogens with one attached hydrogen (secondary N) is 1. The van der Waals surface area contributed by atoms with Crippen molar-refractivity contribution in [2.75, 3.05) is 6.54 Å². The Balaban J connectivity index is 1.37. The first kappa shape index (κ1) is 21.5. The van der Waals surface area contributed by atoms with Gasteiger partial charge in [0, 0.05) is 18.0 Å². The molecule has 29 heavy (non-hydrogen) atoms. The molecule has 2 aromatic carbocycles. The second kappa shape index (κ2) is 9.53. The van der Waals surface area contributed by atoms with E-state index in [-0.39, 0.29) is 11.6 Å². The first-order valence-corrected chi connectivity index (χ1v) is 10.0. The van der Waals surface area contributed by atoms with Crippen LogP contribution in [0, 0.1) is 5.82 Å². The van der Waals surface area contributed by atoms with E-state index in [0.717, 1.165) is 56.3 Å². The minimum Gasteiger partial charge on any atom is -0.314 e. The van der Waals surface area contributed by atoms with Crippen LogP contribution in [0.1, 0.15) is 65.9 Å². The maximum Gasteiger partial charge on any atom is 0.416 e. The van der Waals surface area contributed by atoms with Crippen LogP contribution in [0.5, 0.6) is 0 Å². The first-order chi connectivity index (χ1) is 13.8. The molecule has 0 spiro atoms. The van der Waals surface area contributed by atoms with Crippen LogP contribution in [0.3, 0.4) is 0 Å². The Morgan fingerprint density at radius 3 is 2.14 bits per heavy atom. The molecule has 1 fully saturated rings. The summed E-state index contributed by atoms with van der Waals surface area (Å²) in [5, 5.41) is 3.48. The van der Waals surface area contributed by atoms with E-state index in [4.69, 9.17) is 0 Å². The van der Waals surface area contributed by atoms with Crippen molar-refractivity contribution >= 4 is 5.78 Å². The Morgan fingerprint density at radius 1 is 0.931 bits per heavy atom. The van der Waals surface area contributed by atoms with E-state index in [2.05, 4.69) is 5.32 Å². The van der Waals surface area contributed by atoms with Gasteiger partial charge in [-0.3, -0.25) is 4.79 Å². The zero-order valence-corrected chi connectivity index (χ0v) is 16.1. The van der Waals surface area contributed by atoms with Crippen LogP contribution in [0.2, 0.25) is 0 Å². The lowest BCUT2D eigenvalue weighted by molar-refractivity contribution is -0.137. The van der Waals surface area contributed by atoms with Gasteiger partial charge in [0.1, 0.15) is 5.82 Å². The molecule has 1 aliphatic carbocycles. The summed E-state index contributed by atoms with van der Waals surface area (Å²) in [6.07, 6.45) is 0.664. The number of Topliss-reactive ketones (excluding diaryl/α,β-unsaturated/α-hetero) is 1. The molecule has 0 atom stereocenters. The Kier molecular flexibility index (Phi) is 7.06. The number of hydrogen-bond acceptors (Lipinski definition) is 2. The molecule has 0 saturated heterocycles. The topological polar surface area (TPSA) is 29.1 Å². The van der Waals surface area contributed by atoms with Crippen molar-refractivity contribution in [3.63, 3.8) is 0 Å². The molecule has 0 bridgehead atoms. The lowest BCUT2D eigenvalue weighted by Gasteiger charge is -2.29. The van der Waals surface area contributed by atoms with Crippen molar-refractivity contribution in [3.8, 4) is 0 Å². The maximum atomic E-state index is 12.9. The minimum absolute atomic E-state index is 0.0119. The Morgan fingerprint density at radius 2 is 1.55 bits per heavy atom. The molecule has 0 unspecified atom stereocenters. The highest BCUT2D eigenvalue weighted by molar-refractivity contribution is 5.95. The standard InChI is InChI=1S/C23H25F4NO/c24-20-11-5-18(6-12-20)22(29)2-1-15-28-21-13-7-17(8-14-21)16-3-9-19(10-4-16)23(25,26)27/h3-6,9-12,17,21,28H,1-2,7-8,13-15H2. The largest absolute Gasteiger partial charge is 0.416 e. The van der Waals surface area contributed by atoms with Gasteiger partial charge in [0.05, 0.1) is 5.56 Å². The number of ketones is 1. The van der Waals surface area contributed by atoms with Gasteiger partial charge in [-0.25, -0.2) is 4.39 Å². The molecule has 1 aliphatic rings. The van der Waals surface area contributed by atoms with E-state index in [9.17, 15) is 22.4 Å². The van der Waals surface area contributed by atoms with Crippen molar-refractivity contribution in [1.82, 2.24) is 5.32 Å². The average Bonchev–Trinajstić information content (AvgIpc) is 2.71. The smallest absolute Gasteiger partial charge is 0.314 e. The van der Waals surface area contributed by atoms with Crippen molar-refractivity contribution in [2.24, 2.45) is 0 Å². The minimum atomic E-state index is -4.29. The summed E-state index contributed by atoms with van der Waals surface area (Å²) in [6.45, 7) is 0.739. The van der Waals surface area contributed by atoms with Gasteiger partial charge in [-0.05, 0) is 86.5 Å². The van der Waals surface area contributed by atoms with Crippen LogP contribution in [-0.2, 0) is 6.18 Å². The van der Waals surface area contributed by atoms with E-state index in [1.165, 1.54) is 24.3 Å². The summed E-state index contributed by atoms with van der Waals surface area (Å²) in [4.78, 5) is 12.1. The molecule has 1 saturated carbocycles. The Labute approximate surface area is 168 Å². The zero-order chi connectivity index (χ0) is 20.9. The molecule has 2 aromatic rings. The number of carbonyl (C=O) groups is 1. The van der Waals surface area contributed by atoms with E-state index < -0.39 is 11.7 Å². The summed E-state index contributed by atoms with van der Waals surface area (Å²) in [7, 11) is 0. The number of carbonyl (C=O) groups excluding carboxylic acids is 1. The van der Waals surface area contributed by atoms with Gasteiger partial charge in [-0.2, -0.15) is 13.2 Å². The van der Waals surface area contributed by atoms with Crippen molar-refractivity contribution < 1.29 is 22.4 Å². The van der Waals surface area contributed by atoms with Crippen LogP contribution in [0.4, 0.5) is 17.6 Å². The van der Waals surface area contributed by atoms with Crippen molar-refractivity contribution in [3.05, 3.63) is 71.0 Å². The summed E-state index contributed by atoms with van der Waals surface area (Å²) < 4.78 is 50.9. The van der Waals surface area contributed by atoms with Crippen molar-refractivity contribution in [1.29, 1.82) is 0 Å². The number of alkyl halides is 3. The second-order valence-corrected chi connectivity index (χ2v) is 7.66. The molecule has 156 valence electrons. The molecule has 0 heterocycles. The number of rotatable bonds is 7. The van der Waals surface area contributed by atoms with Gasteiger partial charge in [-0.15, -0.1) is 0 Å². The molecule has 1 N–H and O–H groups in total. The first-order valence-electron chi connectivity index (χ1n) is 10.0. The number of benzene rings is 2. The zero-order valence-electron chi connectivity index (χ0n) is 16.1. The van der Waals surface area contributed by atoms with E-state index in [1.807, 2.05) is 0 Å². The molecule has 0 amide bonds. The quantitative estimate of drug-likeness (QED) is 0.340. The maximum absolute atomic E-state index is 12.9. The fourth-order valence-corrected chi connectivity index (χ4v) is 3.91. The highest BCUT2D eigenvalue weighted by Crippen LogP contribution is 2.35. The highest BCUT2D eigenvalue weighted by atomic mass is 19.4. The van der Waals surface area contributed by atoms with Crippen LogP contribution in [-0.4, -0.2) is 18.4 Å². The summed E-state index contributed by atoms with van der Waals surface area (Å²) in [6, 6.07) is 11.5. The van der Waals surface area contributed by atoms with Gasteiger partial charge in [0.25, 0.3) is 0 Å². The predicted molar refractivity (Wildman–Crippen MR) is 104 cm³/mol. The predicted octanol–water partition coefficient (Wildman–Crippen LogP) is 6.12. The molecule has 2 nitrogen and oxygen atoms in total. The number of hydrogen-bond donors (Lipinski definition) is 1. The number of halogens is 4. The SMILES string of the molecule is O=C(CCCNC1CCC(c2ccc(C(F)(F)F)cc2)CC1)c1ccc(F)cc1. The fraction of sp³-hybridized carbons (Fsp3) is 0.435. The summed E-state index contributed by atoms with van der Waals surface area (Å²) in [5.74, 6) is -0.0386. The molecule has 0 aliphatic heterocycles. The molecule has 0 radical (unpaired) electrons. The van der Waals surface area contributed by atoms with Gasteiger partial charge in [0.15, 0.2) is 5.78 Å². The van der Waals surface area contributed by atoms with E-state index in [1.54, 1.807) is 12.1 Å². The van der Waals surface area contributed by atoms with Crippen molar-refractivity contribution in [2.45, 2.75) is 56.7 Å². The van der Waals surface area contributed by atoms with E-state index >= 15 is 0 Å².